The van der Waals surface area contributed by atoms with Gasteiger partial charge in [-0.25, -0.2) is 0 Å². The van der Waals surface area contributed by atoms with Crippen LogP contribution in [0.25, 0.3) is 0 Å². The SMILES string of the molecule is CCc1cc(C)cc(C(c2cc(C)cc(CC)c2O)C(CC)CC(C)(C)C)c1O. The van der Waals surface area contributed by atoms with Crippen LogP contribution >= 0.6 is 0 Å². The first-order chi connectivity index (χ1) is 13.5. The van der Waals surface area contributed by atoms with E-state index in [0.29, 0.717) is 17.4 Å². The van der Waals surface area contributed by atoms with Crippen molar-refractivity contribution in [2.75, 3.05) is 0 Å². The molecule has 2 aromatic carbocycles. The molecule has 1 atom stereocenters. The van der Waals surface area contributed by atoms with Crippen LogP contribution in [0.5, 0.6) is 11.5 Å². The lowest BCUT2D eigenvalue weighted by molar-refractivity contribution is 0.264. The van der Waals surface area contributed by atoms with E-state index in [2.05, 4.69) is 79.7 Å². The normalized spacial score (nSPS) is 13.1. The van der Waals surface area contributed by atoms with Gasteiger partial charge < -0.3 is 10.2 Å². The molecule has 0 aliphatic rings. The third kappa shape index (κ3) is 5.35. The zero-order valence-corrected chi connectivity index (χ0v) is 19.7. The molecule has 0 heterocycles. The van der Waals surface area contributed by atoms with Crippen molar-refractivity contribution in [1.82, 2.24) is 0 Å². The Morgan fingerprint density at radius 2 is 1.17 bits per heavy atom. The fourth-order valence-electron chi connectivity index (χ4n) is 4.74. The minimum absolute atomic E-state index is 0.0328. The van der Waals surface area contributed by atoms with Crippen LogP contribution < -0.4 is 0 Å². The maximum atomic E-state index is 11.2. The fraction of sp³-hybridized carbons (Fsp3) is 0.556. The maximum Gasteiger partial charge on any atom is 0.122 e. The number of aromatic hydroxyl groups is 2. The molecule has 29 heavy (non-hydrogen) atoms. The fourth-order valence-corrected chi connectivity index (χ4v) is 4.74. The van der Waals surface area contributed by atoms with Crippen molar-refractivity contribution in [1.29, 1.82) is 0 Å². The highest BCUT2D eigenvalue weighted by Crippen LogP contribution is 2.47. The lowest BCUT2D eigenvalue weighted by atomic mass is 9.71. The molecule has 0 aliphatic carbocycles. The number of aryl methyl sites for hydroxylation is 4. The van der Waals surface area contributed by atoms with Crippen LogP contribution in [0.15, 0.2) is 24.3 Å². The van der Waals surface area contributed by atoms with Crippen LogP contribution in [0.2, 0.25) is 0 Å². The quantitative estimate of drug-likeness (QED) is 0.511. The Bertz CT molecular complexity index is 783. The van der Waals surface area contributed by atoms with Crippen LogP contribution in [-0.2, 0) is 12.8 Å². The Hall–Kier alpha value is -1.96. The molecular weight excluding hydrogens is 356 g/mol. The molecule has 0 aromatic heterocycles. The number of phenols is 2. The minimum atomic E-state index is -0.0328. The van der Waals surface area contributed by atoms with E-state index in [4.69, 9.17) is 0 Å². The van der Waals surface area contributed by atoms with Gasteiger partial charge in [0.15, 0.2) is 0 Å². The second-order valence-electron chi connectivity index (χ2n) is 9.84. The second kappa shape index (κ2) is 9.24. The van der Waals surface area contributed by atoms with Crippen LogP contribution in [0, 0.1) is 25.2 Å². The van der Waals surface area contributed by atoms with Crippen LogP contribution in [0.1, 0.15) is 93.7 Å². The average molecular weight is 397 g/mol. The van der Waals surface area contributed by atoms with Gasteiger partial charge in [0.1, 0.15) is 11.5 Å². The summed E-state index contributed by atoms with van der Waals surface area (Å²) in [5, 5.41) is 22.4. The summed E-state index contributed by atoms with van der Waals surface area (Å²) in [7, 11) is 0. The Balaban J connectivity index is 2.82. The zero-order chi connectivity index (χ0) is 21.9. The van der Waals surface area contributed by atoms with Crippen molar-refractivity contribution in [2.24, 2.45) is 11.3 Å². The second-order valence-corrected chi connectivity index (χ2v) is 9.84. The molecule has 160 valence electrons. The van der Waals surface area contributed by atoms with Gasteiger partial charge in [0.2, 0.25) is 0 Å². The summed E-state index contributed by atoms with van der Waals surface area (Å²) in [6.45, 7) is 17.4. The van der Waals surface area contributed by atoms with E-state index in [-0.39, 0.29) is 11.3 Å². The largest absolute Gasteiger partial charge is 0.507 e. The Kier molecular flexibility index (Phi) is 7.43. The van der Waals surface area contributed by atoms with E-state index in [1.807, 2.05) is 0 Å². The van der Waals surface area contributed by atoms with Crippen LogP contribution in [0.3, 0.4) is 0 Å². The van der Waals surface area contributed by atoms with Gasteiger partial charge in [-0.3, -0.25) is 0 Å². The molecule has 2 rings (SSSR count). The monoisotopic (exact) mass is 396 g/mol. The standard InChI is InChI=1S/C27H40O2/c1-9-19-12-17(4)14-22(25(19)28)24(21(11-3)16-27(6,7)8)23-15-18(5)13-20(10-2)26(23)29/h12-15,21,24,28-29H,9-11,16H2,1-8H3. The molecule has 2 N–H and O–H groups in total. The van der Waals surface area contributed by atoms with Crippen LogP contribution in [-0.4, -0.2) is 10.2 Å². The smallest absolute Gasteiger partial charge is 0.122 e. The van der Waals surface area contributed by atoms with Crippen molar-refractivity contribution in [3.8, 4) is 11.5 Å². The highest BCUT2D eigenvalue weighted by Gasteiger charge is 2.32. The van der Waals surface area contributed by atoms with Crippen molar-refractivity contribution >= 4 is 0 Å². The van der Waals surface area contributed by atoms with Gasteiger partial charge in [-0.05, 0) is 55.6 Å². The Morgan fingerprint density at radius 1 is 0.759 bits per heavy atom. The molecule has 0 amide bonds. The third-order valence-electron chi connectivity index (χ3n) is 6.03. The Morgan fingerprint density at radius 3 is 1.48 bits per heavy atom. The van der Waals surface area contributed by atoms with Crippen molar-refractivity contribution in [3.63, 3.8) is 0 Å². The summed E-state index contributed by atoms with van der Waals surface area (Å²) in [6, 6.07) is 8.40. The van der Waals surface area contributed by atoms with Gasteiger partial charge in [-0.15, -0.1) is 0 Å². The lowest BCUT2D eigenvalue weighted by Crippen LogP contribution is -2.21. The molecule has 0 bridgehead atoms. The summed E-state index contributed by atoms with van der Waals surface area (Å²) in [5.41, 5.74) is 6.37. The molecule has 0 spiro atoms. The van der Waals surface area contributed by atoms with E-state index in [1.165, 1.54) is 0 Å². The first-order valence-electron chi connectivity index (χ1n) is 11.2. The predicted octanol–water partition coefficient (Wildman–Crippen LogP) is 7.43. The summed E-state index contributed by atoms with van der Waals surface area (Å²) in [6.07, 6.45) is 3.61. The van der Waals surface area contributed by atoms with Crippen molar-refractivity contribution in [2.45, 2.75) is 87.0 Å². The zero-order valence-electron chi connectivity index (χ0n) is 19.7. The molecular formula is C27H40O2. The topological polar surface area (TPSA) is 40.5 Å². The van der Waals surface area contributed by atoms with Crippen LogP contribution in [0.4, 0.5) is 0 Å². The summed E-state index contributed by atoms with van der Waals surface area (Å²) in [5.74, 6) is 1.09. The first kappa shape index (κ1) is 23.3. The van der Waals surface area contributed by atoms with Gasteiger partial charge in [-0.1, -0.05) is 83.4 Å². The van der Waals surface area contributed by atoms with E-state index < -0.39 is 0 Å². The first-order valence-corrected chi connectivity index (χ1v) is 11.2. The lowest BCUT2D eigenvalue weighted by Gasteiger charge is -2.34. The van der Waals surface area contributed by atoms with Gasteiger partial charge in [0.25, 0.3) is 0 Å². The molecule has 2 nitrogen and oxygen atoms in total. The minimum Gasteiger partial charge on any atom is -0.507 e. The molecule has 1 unspecified atom stereocenters. The number of hydrogen-bond donors (Lipinski definition) is 2. The van der Waals surface area contributed by atoms with E-state index in [9.17, 15) is 10.2 Å². The molecule has 0 saturated heterocycles. The molecule has 0 fully saturated rings. The number of benzene rings is 2. The van der Waals surface area contributed by atoms with Gasteiger partial charge in [0.05, 0.1) is 0 Å². The van der Waals surface area contributed by atoms with Gasteiger partial charge in [0, 0.05) is 17.0 Å². The van der Waals surface area contributed by atoms with E-state index >= 15 is 0 Å². The highest BCUT2D eigenvalue weighted by molar-refractivity contribution is 5.54. The molecule has 0 radical (unpaired) electrons. The average Bonchev–Trinajstić information content (AvgIpc) is 2.64. The van der Waals surface area contributed by atoms with Gasteiger partial charge in [-0.2, -0.15) is 0 Å². The molecule has 0 aliphatic heterocycles. The Labute approximate surface area is 178 Å². The molecule has 2 aromatic rings. The predicted molar refractivity (Wildman–Crippen MR) is 124 cm³/mol. The molecule has 2 heteroatoms. The van der Waals surface area contributed by atoms with Gasteiger partial charge >= 0.3 is 0 Å². The summed E-state index contributed by atoms with van der Waals surface area (Å²) >= 11 is 0. The maximum absolute atomic E-state index is 11.2. The third-order valence-corrected chi connectivity index (χ3v) is 6.03. The van der Waals surface area contributed by atoms with Crippen molar-refractivity contribution in [3.05, 3.63) is 57.6 Å². The summed E-state index contributed by atoms with van der Waals surface area (Å²) < 4.78 is 0. The van der Waals surface area contributed by atoms with E-state index in [0.717, 1.165) is 59.1 Å². The highest BCUT2D eigenvalue weighted by atomic mass is 16.3. The van der Waals surface area contributed by atoms with Crippen molar-refractivity contribution < 1.29 is 10.2 Å². The molecule has 0 saturated carbocycles. The number of rotatable bonds is 7. The number of hydrogen-bond acceptors (Lipinski definition) is 2. The van der Waals surface area contributed by atoms with E-state index in [1.54, 1.807) is 0 Å². The number of phenolic OH excluding ortho intramolecular Hbond substituents is 2. The summed E-state index contributed by atoms with van der Waals surface area (Å²) in [4.78, 5) is 0.